The molecule has 1 unspecified atom stereocenters. The minimum absolute atomic E-state index is 0.0705. The van der Waals surface area contributed by atoms with Crippen LogP contribution in [-0.2, 0) is 0 Å². The van der Waals surface area contributed by atoms with E-state index in [1.807, 2.05) is 61.7 Å². The van der Waals surface area contributed by atoms with Gasteiger partial charge in [0.2, 0.25) is 5.95 Å². The summed E-state index contributed by atoms with van der Waals surface area (Å²) in [4.78, 5) is 21.2. The third kappa shape index (κ3) is 5.04. The number of hydrogen-bond acceptors (Lipinski definition) is 7. The summed E-state index contributed by atoms with van der Waals surface area (Å²) in [6.45, 7) is 1.80. The molecule has 29 heavy (non-hydrogen) atoms. The van der Waals surface area contributed by atoms with Crippen LogP contribution in [0, 0.1) is 6.92 Å². The first kappa shape index (κ1) is 20.6. The number of benzene rings is 2. The summed E-state index contributed by atoms with van der Waals surface area (Å²) in [5.41, 5.74) is 2.67. The van der Waals surface area contributed by atoms with Gasteiger partial charge in [0.15, 0.2) is 0 Å². The fraction of sp³-hybridized carbons (Fsp3) is 0.190. The van der Waals surface area contributed by atoms with Gasteiger partial charge < -0.3 is 20.8 Å². The highest BCUT2D eigenvalue weighted by Gasteiger charge is 2.18. The molecule has 0 aliphatic carbocycles. The van der Waals surface area contributed by atoms with E-state index in [-0.39, 0.29) is 23.9 Å². The van der Waals surface area contributed by atoms with Crippen molar-refractivity contribution >= 4 is 35.2 Å². The molecule has 8 heteroatoms. The van der Waals surface area contributed by atoms with Gasteiger partial charge in [-0.25, -0.2) is 9.78 Å². The Morgan fingerprint density at radius 1 is 1.21 bits per heavy atom. The number of nitrogens with one attached hydrogen (secondary N) is 2. The first-order valence-corrected chi connectivity index (χ1v) is 10.2. The molecule has 2 aromatic carbocycles. The van der Waals surface area contributed by atoms with Crippen LogP contribution in [0.2, 0.25) is 0 Å². The van der Waals surface area contributed by atoms with Crippen molar-refractivity contribution in [3.63, 3.8) is 0 Å². The molecular formula is C21H22N4O3S. The molecule has 3 aromatic rings. The summed E-state index contributed by atoms with van der Waals surface area (Å²) in [6.07, 6.45) is 3.27. The van der Waals surface area contributed by atoms with Crippen molar-refractivity contribution in [1.29, 1.82) is 0 Å². The molecule has 0 fully saturated rings. The number of carboxylic acid groups (broad SMARTS) is 1. The number of anilines is 3. The van der Waals surface area contributed by atoms with Crippen LogP contribution >= 0.6 is 11.8 Å². The number of aromatic carboxylic acids is 1. The van der Waals surface area contributed by atoms with Gasteiger partial charge in [-0.05, 0) is 42.5 Å². The van der Waals surface area contributed by atoms with Crippen molar-refractivity contribution in [2.45, 2.75) is 17.9 Å². The predicted molar refractivity (Wildman–Crippen MR) is 115 cm³/mol. The van der Waals surface area contributed by atoms with Crippen LogP contribution in [0.4, 0.5) is 17.5 Å². The highest BCUT2D eigenvalue weighted by atomic mass is 32.2. The van der Waals surface area contributed by atoms with Crippen LogP contribution in [0.3, 0.4) is 0 Å². The fourth-order valence-corrected chi connectivity index (χ4v) is 3.46. The van der Waals surface area contributed by atoms with Crippen LogP contribution in [0.15, 0.2) is 59.6 Å². The van der Waals surface area contributed by atoms with Crippen molar-refractivity contribution in [2.24, 2.45) is 0 Å². The fourth-order valence-electron chi connectivity index (χ4n) is 2.88. The first-order valence-electron chi connectivity index (χ1n) is 8.96. The predicted octanol–water partition coefficient (Wildman–Crippen LogP) is 4.09. The van der Waals surface area contributed by atoms with E-state index in [0.717, 1.165) is 16.8 Å². The Hall–Kier alpha value is -3.10. The van der Waals surface area contributed by atoms with Crippen LogP contribution in [-0.4, -0.2) is 39.0 Å². The van der Waals surface area contributed by atoms with Gasteiger partial charge in [0.25, 0.3) is 0 Å². The van der Waals surface area contributed by atoms with Gasteiger partial charge >= 0.3 is 5.97 Å². The molecule has 0 saturated carbocycles. The van der Waals surface area contributed by atoms with E-state index in [1.54, 1.807) is 11.8 Å². The Balaban J connectivity index is 1.89. The maximum absolute atomic E-state index is 11.6. The monoisotopic (exact) mass is 410 g/mol. The van der Waals surface area contributed by atoms with E-state index in [1.165, 1.54) is 11.1 Å². The Morgan fingerprint density at radius 2 is 1.97 bits per heavy atom. The number of nitrogens with zero attached hydrogens (tertiary/aromatic N) is 2. The topological polar surface area (TPSA) is 107 Å². The Labute approximate surface area is 173 Å². The minimum Gasteiger partial charge on any atom is -0.477 e. The summed E-state index contributed by atoms with van der Waals surface area (Å²) < 4.78 is 0. The molecular weight excluding hydrogens is 388 g/mol. The number of carboxylic acids is 1. The third-order valence-electron chi connectivity index (χ3n) is 4.37. The first-order chi connectivity index (χ1) is 14.0. The number of rotatable bonds is 8. The van der Waals surface area contributed by atoms with Gasteiger partial charge in [-0.15, -0.1) is 11.8 Å². The zero-order chi connectivity index (χ0) is 20.8. The van der Waals surface area contributed by atoms with E-state index in [9.17, 15) is 15.0 Å². The molecule has 0 amide bonds. The van der Waals surface area contributed by atoms with Crippen molar-refractivity contribution < 1.29 is 15.0 Å². The smallest absolute Gasteiger partial charge is 0.341 e. The third-order valence-corrected chi connectivity index (χ3v) is 5.26. The van der Waals surface area contributed by atoms with E-state index in [0.29, 0.717) is 0 Å². The lowest BCUT2D eigenvalue weighted by atomic mass is 10.1. The summed E-state index contributed by atoms with van der Waals surface area (Å²) in [6, 6.07) is 14.7. The van der Waals surface area contributed by atoms with Crippen LogP contribution in [0.1, 0.15) is 27.5 Å². The number of carbonyl (C=O) groups is 1. The zero-order valence-corrected chi connectivity index (χ0v) is 16.9. The molecule has 0 bridgehead atoms. The molecule has 0 saturated heterocycles. The van der Waals surface area contributed by atoms with Gasteiger partial charge in [-0.3, -0.25) is 0 Å². The number of aliphatic hydroxyl groups excluding tert-OH is 1. The van der Waals surface area contributed by atoms with Gasteiger partial charge in [-0.2, -0.15) is 4.98 Å². The molecule has 1 atom stereocenters. The average Bonchev–Trinajstić information content (AvgIpc) is 2.72. The number of aromatic nitrogens is 2. The van der Waals surface area contributed by atoms with Gasteiger partial charge in [-0.1, -0.05) is 30.3 Å². The lowest BCUT2D eigenvalue weighted by molar-refractivity contribution is 0.0697. The maximum Gasteiger partial charge on any atom is 0.341 e. The van der Waals surface area contributed by atoms with E-state index >= 15 is 0 Å². The van der Waals surface area contributed by atoms with Gasteiger partial charge in [0, 0.05) is 16.8 Å². The second-order valence-electron chi connectivity index (χ2n) is 6.36. The molecule has 7 nitrogen and oxygen atoms in total. The van der Waals surface area contributed by atoms with Crippen molar-refractivity contribution in [2.75, 3.05) is 23.5 Å². The summed E-state index contributed by atoms with van der Waals surface area (Å²) >= 11 is 1.67. The normalized spacial score (nSPS) is 11.7. The largest absolute Gasteiger partial charge is 0.477 e. The molecule has 150 valence electrons. The van der Waals surface area contributed by atoms with E-state index in [2.05, 4.69) is 20.6 Å². The van der Waals surface area contributed by atoms with Crippen molar-refractivity contribution in [3.05, 3.63) is 71.4 Å². The summed E-state index contributed by atoms with van der Waals surface area (Å²) in [5, 5.41) is 25.4. The van der Waals surface area contributed by atoms with Crippen LogP contribution in [0.5, 0.6) is 0 Å². The average molecular weight is 410 g/mol. The molecule has 3 rings (SSSR count). The molecule has 0 aliphatic rings. The van der Waals surface area contributed by atoms with Gasteiger partial charge in [0.1, 0.15) is 11.4 Å². The molecule has 0 aliphatic heterocycles. The molecule has 0 radical (unpaired) electrons. The second-order valence-corrected chi connectivity index (χ2v) is 7.21. The van der Waals surface area contributed by atoms with Crippen LogP contribution < -0.4 is 10.6 Å². The molecule has 4 N–H and O–H groups in total. The SMILES string of the molecule is CSc1ccc(Nc2ncc(C(=O)O)c(NC(CO)c3ccccc3)n2)cc1C. The Morgan fingerprint density at radius 3 is 2.59 bits per heavy atom. The Kier molecular flexibility index (Phi) is 6.69. The number of thioether (sulfide) groups is 1. The zero-order valence-electron chi connectivity index (χ0n) is 16.1. The van der Waals surface area contributed by atoms with Crippen molar-refractivity contribution in [1.82, 2.24) is 9.97 Å². The standard InChI is InChI=1S/C21H22N4O3S/c1-13-10-15(8-9-18(13)29-2)23-21-22-11-16(20(27)28)19(25-21)24-17(12-26)14-6-4-3-5-7-14/h3-11,17,26H,12H2,1-2H3,(H,27,28)(H2,22,23,24,25). The lowest BCUT2D eigenvalue weighted by Crippen LogP contribution is -2.18. The van der Waals surface area contributed by atoms with E-state index < -0.39 is 12.0 Å². The summed E-state index contributed by atoms with van der Waals surface area (Å²) in [7, 11) is 0. The van der Waals surface area contributed by atoms with Gasteiger partial charge in [0.05, 0.1) is 12.6 Å². The number of aryl methyl sites for hydroxylation is 1. The van der Waals surface area contributed by atoms with Crippen LogP contribution in [0.25, 0.3) is 0 Å². The molecule has 1 heterocycles. The molecule has 0 spiro atoms. The summed E-state index contributed by atoms with van der Waals surface area (Å²) in [5.74, 6) is -0.752. The highest BCUT2D eigenvalue weighted by Crippen LogP contribution is 2.26. The quantitative estimate of drug-likeness (QED) is 0.411. The van der Waals surface area contributed by atoms with E-state index in [4.69, 9.17) is 0 Å². The highest BCUT2D eigenvalue weighted by molar-refractivity contribution is 7.98. The lowest BCUT2D eigenvalue weighted by Gasteiger charge is -2.19. The Bertz CT molecular complexity index is 998. The minimum atomic E-state index is -1.15. The van der Waals surface area contributed by atoms with Crippen molar-refractivity contribution in [3.8, 4) is 0 Å². The number of aliphatic hydroxyl groups is 1. The molecule has 1 aromatic heterocycles. The number of hydrogen-bond donors (Lipinski definition) is 4. The second kappa shape index (κ2) is 9.40. The maximum atomic E-state index is 11.6.